The first-order valence-electron chi connectivity index (χ1n) is 5.83. The van der Waals surface area contributed by atoms with Crippen LogP contribution < -0.4 is 5.32 Å². The Morgan fingerprint density at radius 2 is 2.12 bits per heavy atom. The maximum atomic E-state index is 3.64. The number of nitrogens with one attached hydrogen (secondary N) is 1. The first kappa shape index (κ1) is 14.1. The maximum absolute atomic E-state index is 3.64. The van der Waals surface area contributed by atoms with Crippen molar-refractivity contribution in [3.8, 4) is 0 Å². The van der Waals surface area contributed by atoms with Gasteiger partial charge in [-0.1, -0.05) is 25.8 Å². The molecule has 0 amide bonds. The highest BCUT2D eigenvalue weighted by Gasteiger charge is 2.01. The minimum Gasteiger partial charge on any atom is -0.316 e. The summed E-state index contributed by atoms with van der Waals surface area (Å²) in [4.78, 5) is 1.36. The Kier molecular flexibility index (Phi) is 7.17. The van der Waals surface area contributed by atoms with E-state index in [4.69, 9.17) is 0 Å². The molecule has 1 aromatic carbocycles. The Morgan fingerprint density at radius 1 is 1.31 bits per heavy atom. The molecule has 0 fully saturated rings. The number of thioether (sulfide) groups is 1. The van der Waals surface area contributed by atoms with Gasteiger partial charge in [-0.2, -0.15) is 0 Å². The van der Waals surface area contributed by atoms with E-state index < -0.39 is 0 Å². The molecule has 1 aromatic rings. The minimum absolute atomic E-state index is 0.930. The Labute approximate surface area is 112 Å². The standard InChI is InChI=1S/C13H20BrNS/c1-3-4-5-8-16-13-7-6-11(10-15-2)9-12(13)14/h6-7,9,15H,3-5,8,10H2,1-2H3. The average Bonchev–Trinajstić information content (AvgIpc) is 2.27. The fourth-order valence-corrected chi connectivity index (χ4v) is 3.21. The van der Waals surface area contributed by atoms with E-state index in [1.165, 1.54) is 39.9 Å². The zero-order valence-electron chi connectivity index (χ0n) is 10.1. The van der Waals surface area contributed by atoms with Crippen molar-refractivity contribution in [3.05, 3.63) is 28.2 Å². The lowest BCUT2D eigenvalue weighted by molar-refractivity contribution is 0.778. The van der Waals surface area contributed by atoms with E-state index in [0.717, 1.165) is 6.54 Å². The highest BCUT2D eigenvalue weighted by Crippen LogP contribution is 2.29. The summed E-state index contributed by atoms with van der Waals surface area (Å²) in [5.41, 5.74) is 1.33. The molecular weight excluding hydrogens is 282 g/mol. The van der Waals surface area contributed by atoms with E-state index in [-0.39, 0.29) is 0 Å². The molecule has 0 atom stereocenters. The molecule has 0 radical (unpaired) electrons. The molecule has 0 bridgehead atoms. The summed E-state index contributed by atoms with van der Waals surface area (Å²) in [6.07, 6.45) is 3.94. The zero-order chi connectivity index (χ0) is 11.8. The Balaban J connectivity index is 2.47. The van der Waals surface area contributed by atoms with Gasteiger partial charge in [-0.05, 0) is 52.8 Å². The van der Waals surface area contributed by atoms with Crippen LogP contribution in [0.15, 0.2) is 27.6 Å². The van der Waals surface area contributed by atoms with Crippen LogP contribution in [-0.4, -0.2) is 12.8 Å². The molecule has 0 heterocycles. The lowest BCUT2D eigenvalue weighted by atomic mass is 10.2. The fourth-order valence-electron chi connectivity index (χ4n) is 1.51. The van der Waals surface area contributed by atoms with Crippen LogP contribution >= 0.6 is 27.7 Å². The second kappa shape index (κ2) is 8.15. The minimum atomic E-state index is 0.930. The van der Waals surface area contributed by atoms with Gasteiger partial charge in [0.05, 0.1) is 0 Å². The topological polar surface area (TPSA) is 12.0 Å². The molecule has 16 heavy (non-hydrogen) atoms. The van der Waals surface area contributed by atoms with Gasteiger partial charge in [0.2, 0.25) is 0 Å². The van der Waals surface area contributed by atoms with Gasteiger partial charge in [-0.3, -0.25) is 0 Å². The van der Waals surface area contributed by atoms with Crippen molar-refractivity contribution in [2.24, 2.45) is 0 Å². The lowest BCUT2D eigenvalue weighted by Gasteiger charge is -2.06. The average molecular weight is 302 g/mol. The van der Waals surface area contributed by atoms with Crippen LogP contribution in [0.4, 0.5) is 0 Å². The molecule has 0 unspecified atom stereocenters. The first-order chi connectivity index (χ1) is 7.77. The Bertz CT molecular complexity index is 315. The van der Waals surface area contributed by atoms with E-state index in [0.29, 0.717) is 0 Å². The zero-order valence-corrected chi connectivity index (χ0v) is 12.5. The molecule has 0 aromatic heterocycles. The van der Waals surface area contributed by atoms with Crippen molar-refractivity contribution in [1.29, 1.82) is 0 Å². The van der Waals surface area contributed by atoms with E-state index in [2.05, 4.69) is 46.4 Å². The van der Waals surface area contributed by atoms with Crippen molar-refractivity contribution in [2.75, 3.05) is 12.8 Å². The number of rotatable bonds is 7. The van der Waals surface area contributed by atoms with E-state index in [1.807, 2.05) is 18.8 Å². The first-order valence-corrected chi connectivity index (χ1v) is 7.61. The van der Waals surface area contributed by atoms with Gasteiger partial charge < -0.3 is 5.32 Å². The largest absolute Gasteiger partial charge is 0.316 e. The van der Waals surface area contributed by atoms with Crippen LogP contribution in [0.5, 0.6) is 0 Å². The quantitative estimate of drug-likeness (QED) is 0.590. The summed E-state index contributed by atoms with van der Waals surface area (Å²) in [5.74, 6) is 1.22. The normalized spacial score (nSPS) is 10.7. The molecule has 0 aliphatic carbocycles. The Morgan fingerprint density at radius 3 is 2.75 bits per heavy atom. The third-order valence-corrected chi connectivity index (χ3v) is 4.46. The van der Waals surface area contributed by atoms with Gasteiger partial charge in [0, 0.05) is 15.9 Å². The van der Waals surface area contributed by atoms with Crippen LogP contribution in [-0.2, 0) is 6.54 Å². The van der Waals surface area contributed by atoms with Crippen molar-refractivity contribution < 1.29 is 0 Å². The molecular formula is C13H20BrNS. The second-order valence-corrected chi connectivity index (χ2v) is 5.84. The van der Waals surface area contributed by atoms with Crippen LogP contribution in [0.2, 0.25) is 0 Å². The summed E-state index contributed by atoms with van der Waals surface area (Å²) < 4.78 is 1.22. The summed E-state index contributed by atoms with van der Waals surface area (Å²) in [7, 11) is 1.97. The second-order valence-electron chi connectivity index (χ2n) is 3.85. The molecule has 0 aliphatic heterocycles. The molecule has 1 rings (SSSR count). The molecule has 0 saturated carbocycles. The van der Waals surface area contributed by atoms with Crippen LogP contribution in [0.3, 0.4) is 0 Å². The fraction of sp³-hybridized carbons (Fsp3) is 0.538. The molecule has 0 aliphatic rings. The van der Waals surface area contributed by atoms with E-state index in [1.54, 1.807) is 0 Å². The molecule has 3 heteroatoms. The van der Waals surface area contributed by atoms with Gasteiger partial charge in [-0.25, -0.2) is 0 Å². The van der Waals surface area contributed by atoms with Gasteiger partial charge in [0.15, 0.2) is 0 Å². The van der Waals surface area contributed by atoms with Crippen LogP contribution in [0.25, 0.3) is 0 Å². The summed E-state index contributed by atoms with van der Waals surface area (Å²) in [6, 6.07) is 6.62. The molecule has 90 valence electrons. The van der Waals surface area contributed by atoms with Crippen molar-refractivity contribution in [3.63, 3.8) is 0 Å². The SMILES string of the molecule is CCCCCSc1ccc(CNC)cc1Br. The number of hydrogen-bond donors (Lipinski definition) is 1. The van der Waals surface area contributed by atoms with Crippen LogP contribution in [0.1, 0.15) is 31.7 Å². The highest BCUT2D eigenvalue weighted by atomic mass is 79.9. The van der Waals surface area contributed by atoms with Crippen molar-refractivity contribution in [1.82, 2.24) is 5.32 Å². The van der Waals surface area contributed by atoms with Gasteiger partial charge >= 0.3 is 0 Å². The molecule has 0 spiro atoms. The maximum Gasteiger partial charge on any atom is 0.0314 e. The molecule has 0 saturated heterocycles. The smallest absolute Gasteiger partial charge is 0.0314 e. The Hall–Kier alpha value is 0.01000. The highest BCUT2D eigenvalue weighted by molar-refractivity contribution is 9.10. The lowest BCUT2D eigenvalue weighted by Crippen LogP contribution is -2.04. The summed E-state index contributed by atoms with van der Waals surface area (Å²) in [6.45, 7) is 3.17. The van der Waals surface area contributed by atoms with Gasteiger partial charge in [-0.15, -0.1) is 11.8 Å². The van der Waals surface area contributed by atoms with Crippen molar-refractivity contribution >= 4 is 27.7 Å². The predicted octanol–water partition coefficient (Wildman–Crippen LogP) is 4.45. The van der Waals surface area contributed by atoms with Gasteiger partial charge in [0.1, 0.15) is 0 Å². The summed E-state index contributed by atoms with van der Waals surface area (Å²) in [5, 5.41) is 3.16. The third kappa shape index (κ3) is 4.89. The third-order valence-electron chi connectivity index (χ3n) is 2.38. The molecule has 1 N–H and O–H groups in total. The summed E-state index contributed by atoms with van der Waals surface area (Å²) >= 11 is 5.58. The number of halogens is 1. The number of benzene rings is 1. The van der Waals surface area contributed by atoms with Crippen LogP contribution in [0, 0.1) is 0 Å². The molecule has 1 nitrogen and oxygen atoms in total. The van der Waals surface area contributed by atoms with Gasteiger partial charge in [0.25, 0.3) is 0 Å². The predicted molar refractivity (Wildman–Crippen MR) is 77.2 cm³/mol. The monoisotopic (exact) mass is 301 g/mol. The number of hydrogen-bond acceptors (Lipinski definition) is 2. The van der Waals surface area contributed by atoms with Crippen molar-refractivity contribution in [2.45, 2.75) is 37.6 Å². The van der Waals surface area contributed by atoms with E-state index >= 15 is 0 Å². The number of unbranched alkanes of at least 4 members (excludes halogenated alkanes) is 2. The van der Waals surface area contributed by atoms with E-state index in [9.17, 15) is 0 Å².